The normalized spacial score (nSPS) is 17.7. The van der Waals surface area contributed by atoms with Crippen LogP contribution in [-0.2, 0) is 4.74 Å². The topological polar surface area (TPSA) is 49.8 Å². The quantitative estimate of drug-likeness (QED) is 0.808. The van der Waals surface area contributed by atoms with Crippen LogP contribution in [0, 0.1) is 0 Å². The largest absolute Gasteiger partial charge is 0.508 e. The molecule has 1 aromatic carbocycles. The van der Waals surface area contributed by atoms with Gasteiger partial charge in [-0.2, -0.15) is 0 Å². The van der Waals surface area contributed by atoms with Crippen LogP contribution >= 0.6 is 23.4 Å². The van der Waals surface area contributed by atoms with E-state index in [2.05, 4.69) is 0 Å². The fourth-order valence-electron chi connectivity index (χ4n) is 2.35. The van der Waals surface area contributed by atoms with E-state index in [4.69, 9.17) is 16.3 Å². The first kappa shape index (κ1) is 20.0. The molecule has 1 N–H and O–H groups in total. The zero-order chi connectivity index (χ0) is 17.2. The summed E-state index contributed by atoms with van der Waals surface area (Å²) in [5.74, 6) is 0.179. The molecule has 1 atom stereocenters. The molecule has 0 spiro atoms. The lowest BCUT2D eigenvalue weighted by Gasteiger charge is -2.19. The van der Waals surface area contributed by atoms with Crippen LogP contribution in [0.5, 0.6) is 5.75 Å². The molecule has 1 aliphatic heterocycles. The number of ether oxygens (including phenoxy) is 1. The second-order valence-corrected chi connectivity index (χ2v) is 6.72. The van der Waals surface area contributed by atoms with E-state index in [0.717, 1.165) is 30.7 Å². The maximum absolute atomic E-state index is 11.8. The lowest BCUT2D eigenvalue weighted by molar-refractivity contribution is 0.108. The van der Waals surface area contributed by atoms with Crippen molar-refractivity contribution in [1.82, 2.24) is 4.90 Å². The van der Waals surface area contributed by atoms with Crippen molar-refractivity contribution < 1.29 is 14.6 Å². The number of halogens is 1. The zero-order valence-electron chi connectivity index (χ0n) is 14.0. The first-order chi connectivity index (χ1) is 11.1. The summed E-state index contributed by atoms with van der Waals surface area (Å²) < 4.78 is 5.05. The summed E-state index contributed by atoms with van der Waals surface area (Å²) in [6.45, 7) is 7.70. The Bertz CT molecular complexity index is 499. The van der Waals surface area contributed by atoms with Gasteiger partial charge in [0.2, 0.25) is 0 Å². The molecule has 1 heterocycles. The lowest BCUT2D eigenvalue weighted by Crippen LogP contribution is -2.32. The number of carbonyl (C=O) groups is 1. The third-order valence-electron chi connectivity index (χ3n) is 3.41. The molecule has 0 aliphatic carbocycles. The van der Waals surface area contributed by atoms with E-state index in [0.29, 0.717) is 23.4 Å². The van der Waals surface area contributed by atoms with Crippen molar-refractivity contribution in [2.45, 2.75) is 50.2 Å². The Balaban J connectivity index is 0.00000127. The van der Waals surface area contributed by atoms with Crippen LogP contribution in [0.3, 0.4) is 0 Å². The molecule has 130 valence electrons. The van der Waals surface area contributed by atoms with Gasteiger partial charge in [0.25, 0.3) is 0 Å². The average molecular weight is 360 g/mol. The van der Waals surface area contributed by atoms with Crippen molar-refractivity contribution in [2.75, 3.05) is 19.7 Å². The zero-order valence-corrected chi connectivity index (χ0v) is 15.6. The smallest absolute Gasteiger partial charge is 0.409 e. The first-order valence-electron chi connectivity index (χ1n) is 8.17. The van der Waals surface area contributed by atoms with Gasteiger partial charge in [0.1, 0.15) is 5.75 Å². The number of hydrogen-bond acceptors (Lipinski definition) is 4. The number of benzene rings is 1. The van der Waals surface area contributed by atoms with Crippen molar-refractivity contribution in [3.8, 4) is 5.75 Å². The van der Waals surface area contributed by atoms with Gasteiger partial charge in [-0.05, 0) is 44.4 Å². The Hall–Kier alpha value is -1.07. The molecule has 23 heavy (non-hydrogen) atoms. The van der Waals surface area contributed by atoms with Crippen LogP contribution in [0.25, 0.3) is 0 Å². The Morgan fingerprint density at radius 2 is 2.13 bits per heavy atom. The van der Waals surface area contributed by atoms with Gasteiger partial charge in [0, 0.05) is 23.2 Å². The maximum atomic E-state index is 11.8. The van der Waals surface area contributed by atoms with Gasteiger partial charge < -0.3 is 14.7 Å². The minimum Gasteiger partial charge on any atom is -0.508 e. The number of likely N-dealkylation sites (tertiary alicyclic amines) is 1. The molecule has 4 nitrogen and oxygen atoms in total. The van der Waals surface area contributed by atoms with Crippen molar-refractivity contribution in [2.24, 2.45) is 0 Å². The summed E-state index contributed by atoms with van der Waals surface area (Å²) in [5, 5.41) is 10.4. The van der Waals surface area contributed by atoms with Crippen LogP contribution in [0.2, 0.25) is 5.02 Å². The second-order valence-electron chi connectivity index (χ2n) is 4.97. The van der Waals surface area contributed by atoms with E-state index in [1.54, 1.807) is 28.8 Å². The molecule has 1 aromatic rings. The van der Waals surface area contributed by atoms with Gasteiger partial charge in [-0.3, -0.25) is 0 Å². The van der Waals surface area contributed by atoms with Crippen molar-refractivity contribution in [1.29, 1.82) is 0 Å². The fourth-order valence-corrected chi connectivity index (χ4v) is 3.84. The third kappa shape index (κ3) is 6.51. The highest BCUT2D eigenvalue weighted by atomic mass is 35.5. The van der Waals surface area contributed by atoms with Crippen LogP contribution < -0.4 is 0 Å². The van der Waals surface area contributed by atoms with Gasteiger partial charge in [0.15, 0.2) is 0 Å². The predicted molar refractivity (Wildman–Crippen MR) is 96.6 cm³/mol. The second kappa shape index (κ2) is 10.7. The van der Waals surface area contributed by atoms with Crippen molar-refractivity contribution in [3.63, 3.8) is 0 Å². The molecule has 0 radical (unpaired) electrons. The lowest BCUT2D eigenvalue weighted by atomic mass is 10.2. The maximum Gasteiger partial charge on any atom is 0.409 e. The van der Waals surface area contributed by atoms with Crippen molar-refractivity contribution >= 4 is 29.5 Å². The molecule has 0 aromatic heterocycles. The molecular formula is C17H26ClNO3S. The summed E-state index contributed by atoms with van der Waals surface area (Å²) in [5.41, 5.74) is 0. The van der Waals surface area contributed by atoms with E-state index in [1.807, 2.05) is 26.8 Å². The van der Waals surface area contributed by atoms with E-state index in [9.17, 15) is 9.90 Å². The number of carbonyl (C=O) groups excluding carboxylic acids is 1. The molecular weight excluding hydrogens is 334 g/mol. The highest BCUT2D eigenvalue weighted by Crippen LogP contribution is 2.36. The van der Waals surface area contributed by atoms with Crippen LogP contribution in [0.1, 0.15) is 40.0 Å². The van der Waals surface area contributed by atoms with Crippen LogP contribution in [-0.4, -0.2) is 41.0 Å². The monoisotopic (exact) mass is 359 g/mol. The standard InChI is InChI=1S/C15H20ClNO3S.C2H6/c1-2-20-15(19)17-8-3-4-12(7-9-17)21-14-6-5-11(18)10-13(14)16;1-2/h5-6,10,12,18H,2-4,7-9H2,1H3;1-2H3. The van der Waals surface area contributed by atoms with Crippen LogP contribution in [0.15, 0.2) is 23.1 Å². The highest BCUT2D eigenvalue weighted by Gasteiger charge is 2.22. The van der Waals surface area contributed by atoms with Gasteiger partial charge in [-0.25, -0.2) is 4.79 Å². The summed E-state index contributed by atoms with van der Waals surface area (Å²) >= 11 is 7.86. The molecule has 1 saturated heterocycles. The SMILES string of the molecule is CC.CCOC(=O)N1CCCC(Sc2ccc(O)cc2Cl)CC1. The summed E-state index contributed by atoms with van der Waals surface area (Å²) in [6.07, 6.45) is 2.70. The molecule has 0 saturated carbocycles. The number of amides is 1. The minimum atomic E-state index is -0.217. The number of nitrogens with zero attached hydrogens (tertiary/aromatic N) is 1. The molecule has 1 amide bonds. The third-order valence-corrected chi connectivity index (χ3v) is 5.25. The Morgan fingerprint density at radius 3 is 2.78 bits per heavy atom. The Kier molecular flexibility index (Phi) is 9.26. The Morgan fingerprint density at radius 1 is 1.39 bits per heavy atom. The number of thioether (sulfide) groups is 1. The minimum absolute atomic E-state index is 0.179. The Labute approximate surface area is 148 Å². The number of rotatable bonds is 3. The molecule has 1 unspecified atom stereocenters. The summed E-state index contributed by atoms with van der Waals surface area (Å²) in [6, 6.07) is 5.05. The number of aromatic hydroxyl groups is 1. The number of hydrogen-bond donors (Lipinski definition) is 1. The van der Waals surface area contributed by atoms with E-state index in [-0.39, 0.29) is 11.8 Å². The summed E-state index contributed by atoms with van der Waals surface area (Å²) in [4.78, 5) is 14.5. The van der Waals surface area contributed by atoms with E-state index in [1.165, 1.54) is 0 Å². The van der Waals surface area contributed by atoms with E-state index < -0.39 is 0 Å². The molecule has 0 bridgehead atoms. The van der Waals surface area contributed by atoms with Gasteiger partial charge >= 0.3 is 6.09 Å². The average Bonchev–Trinajstić information content (AvgIpc) is 2.78. The van der Waals surface area contributed by atoms with Gasteiger partial charge in [0.05, 0.1) is 11.6 Å². The van der Waals surface area contributed by atoms with Gasteiger partial charge in [-0.1, -0.05) is 25.4 Å². The fraction of sp³-hybridized carbons (Fsp3) is 0.588. The number of phenols is 1. The molecule has 1 fully saturated rings. The van der Waals surface area contributed by atoms with E-state index >= 15 is 0 Å². The molecule has 6 heteroatoms. The van der Waals surface area contributed by atoms with Gasteiger partial charge in [-0.15, -0.1) is 11.8 Å². The first-order valence-corrected chi connectivity index (χ1v) is 9.42. The predicted octanol–water partition coefficient (Wildman–Crippen LogP) is 5.17. The molecule has 1 aliphatic rings. The number of phenolic OH excluding ortho intramolecular Hbond substituents is 1. The van der Waals surface area contributed by atoms with Crippen molar-refractivity contribution in [3.05, 3.63) is 23.2 Å². The summed E-state index contributed by atoms with van der Waals surface area (Å²) in [7, 11) is 0. The van der Waals surface area contributed by atoms with Crippen LogP contribution in [0.4, 0.5) is 4.79 Å². The highest BCUT2D eigenvalue weighted by molar-refractivity contribution is 8.00. The molecule has 2 rings (SSSR count).